The Labute approximate surface area is 92.6 Å². The smallest absolute Gasteiger partial charge is 0.326 e. The molecule has 0 aromatic heterocycles. The number of carbonyl (C=O) groups is 2. The first-order chi connectivity index (χ1) is 7.20. The summed E-state index contributed by atoms with van der Waals surface area (Å²) in [6.07, 6.45) is -0.0810. The normalized spacial score (nSPS) is 25.8. The summed E-state index contributed by atoms with van der Waals surface area (Å²) in [6, 6.07) is -1.13. The fourth-order valence-corrected chi connectivity index (χ4v) is 2.25. The second-order valence-electron chi connectivity index (χ2n) is 3.86. The summed E-state index contributed by atoms with van der Waals surface area (Å²) >= 11 is 0. The highest BCUT2D eigenvalue weighted by Gasteiger charge is 2.39. The summed E-state index contributed by atoms with van der Waals surface area (Å²) in [4.78, 5) is 23.2. The standard InChI is InChI=1S/C8H13NO6S/c1-16(14,15)4-7(11)9-3-5(10)2-6(9)8(12)13/h5-6,10H,2-4H2,1H3,(H,12,13)/t5?,6-/m0/s1. The summed E-state index contributed by atoms with van der Waals surface area (Å²) < 4.78 is 21.8. The molecule has 2 atom stereocenters. The molecule has 1 fully saturated rings. The molecule has 1 rings (SSSR count). The summed E-state index contributed by atoms with van der Waals surface area (Å²) in [5, 5.41) is 18.1. The number of sulfone groups is 1. The van der Waals surface area contributed by atoms with Gasteiger partial charge in [0, 0.05) is 19.2 Å². The van der Waals surface area contributed by atoms with Crippen molar-refractivity contribution in [2.45, 2.75) is 18.6 Å². The average Bonchev–Trinajstić information content (AvgIpc) is 2.44. The van der Waals surface area contributed by atoms with Crippen molar-refractivity contribution in [2.24, 2.45) is 0 Å². The van der Waals surface area contributed by atoms with Gasteiger partial charge in [-0.2, -0.15) is 0 Å². The van der Waals surface area contributed by atoms with Gasteiger partial charge < -0.3 is 15.1 Å². The van der Waals surface area contributed by atoms with E-state index in [1.807, 2.05) is 0 Å². The van der Waals surface area contributed by atoms with E-state index in [1.54, 1.807) is 0 Å². The molecule has 2 N–H and O–H groups in total. The molecule has 1 heterocycles. The Kier molecular flexibility index (Phi) is 3.54. The molecule has 1 aliphatic heterocycles. The number of hydrogen-bond acceptors (Lipinski definition) is 5. The van der Waals surface area contributed by atoms with Crippen molar-refractivity contribution in [3.05, 3.63) is 0 Å². The minimum Gasteiger partial charge on any atom is -0.480 e. The number of likely N-dealkylation sites (tertiary alicyclic amines) is 1. The Hall–Kier alpha value is -1.15. The van der Waals surface area contributed by atoms with Gasteiger partial charge in [0.2, 0.25) is 5.91 Å². The number of aliphatic carboxylic acids is 1. The van der Waals surface area contributed by atoms with Gasteiger partial charge in [-0.25, -0.2) is 13.2 Å². The number of aliphatic hydroxyl groups is 1. The quantitative estimate of drug-likeness (QED) is 0.604. The van der Waals surface area contributed by atoms with Crippen molar-refractivity contribution in [1.82, 2.24) is 4.90 Å². The van der Waals surface area contributed by atoms with Gasteiger partial charge in [0.1, 0.15) is 11.8 Å². The van der Waals surface area contributed by atoms with Crippen molar-refractivity contribution in [2.75, 3.05) is 18.6 Å². The van der Waals surface area contributed by atoms with Gasteiger partial charge in [0.05, 0.1) is 6.10 Å². The molecule has 16 heavy (non-hydrogen) atoms. The van der Waals surface area contributed by atoms with Crippen LogP contribution in [-0.4, -0.2) is 66.1 Å². The van der Waals surface area contributed by atoms with Gasteiger partial charge in [-0.15, -0.1) is 0 Å². The van der Waals surface area contributed by atoms with Gasteiger partial charge >= 0.3 is 5.97 Å². The van der Waals surface area contributed by atoms with Gasteiger partial charge in [0.25, 0.3) is 0 Å². The molecule has 7 nitrogen and oxygen atoms in total. The van der Waals surface area contributed by atoms with Crippen molar-refractivity contribution in [1.29, 1.82) is 0 Å². The molecule has 0 spiro atoms. The maximum Gasteiger partial charge on any atom is 0.326 e. The molecular formula is C8H13NO6S. The SMILES string of the molecule is CS(=O)(=O)CC(=O)N1CC(O)C[C@H]1C(=O)O. The van der Waals surface area contributed by atoms with E-state index >= 15 is 0 Å². The highest BCUT2D eigenvalue weighted by atomic mass is 32.2. The van der Waals surface area contributed by atoms with Crippen LogP contribution in [0.2, 0.25) is 0 Å². The van der Waals surface area contributed by atoms with E-state index in [2.05, 4.69) is 0 Å². The van der Waals surface area contributed by atoms with E-state index in [4.69, 9.17) is 5.11 Å². The van der Waals surface area contributed by atoms with Crippen LogP contribution in [0, 0.1) is 0 Å². The number of amides is 1. The Morgan fingerprint density at radius 1 is 1.44 bits per heavy atom. The third-order valence-corrected chi connectivity index (χ3v) is 3.04. The third kappa shape index (κ3) is 3.17. The van der Waals surface area contributed by atoms with E-state index in [1.165, 1.54) is 0 Å². The maximum absolute atomic E-state index is 11.5. The van der Waals surface area contributed by atoms with E-state index in [-0.39, 0.29) is 13.0 Å². The van der Waals surface area contributed by atoms with Crippen LogP contribution < -0.4 is 0 Å². The molecule has 0 aromatic carbocycles. The Balaban J connectivity index is 2.79. The molecule has 1 unspecified atom stereocenters. The van der Waals surface area contributed by atoms with Crippen LogP contribution in [0.4, 0.5) is 0 Å². The predicted molar refractivity (Wildman–Crippen MR) is 53.5 cm³/mol. The van der Waals surface area contributed by atoms with Crippen molar-refractivity contribution in [3.63, 3.8) is 0 Å². The molecule has 1 amide bonds. The van der Waals surface area contributed by atoms with E-state index < -0.39 is 39.6 Å². The molecular weight excluding hydrogens is 238 g/mol. The number of rotatable bonds is 3. The van der Waals surface area contributed by atoms with Gasteiger partial charge in [-0.1, -0.05) is 0 Å². The van der Waals surface area contributed by atoms with Gasteiger partial charge in [0.15, 0.2) is 9.84 Å². The van der Waals surface area contributed by atoms with Crippen molar-refractivity contribution in [3.8, 4) is 0 Å². The van der Waals surface area contributed by atoms with Crippen molar-refractivity contribution < 1.29 is 28.2 Å². The molecule has 0 aliphatic carbocycles. The van der Waals surface area contributed by atoms with Gasteiger partial charge in [-0.3, -0.25) is 4.79 Å². The van der Waals surface area contributed by atoms with Gasteiger partial charge in [-0.05, 0) is 0 Å². The minimum absolute atomic E-state index is 0.0646. The van der Waals surface area contributed by atoms with Crippen LogP contribution in [-0.2, 0) is 19.4 Å². The fraction of sp³-hybridized carbons (Fsp3) is 0.750. The number of carbonyl (C=O) groups excluding carboxylic acids is 1. The second-order valence-corrected chi connectivity index (χ2v) is 6.00. The summed E-state index contributed by atoms with van der Waals surface area (Å²) in [6.45, 7) is -0.134. The van der Waals surface area contributed by atoms with Crippen LogP contribution in [0.1, 0.15) is 6.42 Å². The van der Waals surface area contributed by atoms with Crippen LogP contribution in [0.5, 0.6) is 0 Å². The first-order valence-corrected chi connectivity index (χ1v) is 6.65. The first-order valence-electron chi connectivity index (χ1n) is 4.59. The zero-order valence-corrected chi connectivity index (χ0v) is 9.48. The molecule has 0 saturated carbocycles. The second kappa shape index (κ2) is 4.38. The molecule has 1 aliphatic rings. The zero-order chi connectivity index (χ0) is 12.5. The highest BCUT2D eigenvalue weighted by molar-refractivity contribution is 7.91. The van der Waals surface area contributed by atoms with E-state index in [9.17, 15) is 23.1 Å². The number of β-amino-alcohol motifs (C(OH)–C–C–N with tert-alkyl or cyclic N) is 1. The topological polar surface area (TPSA) is 112 Å². The lowest BCUT2D eigenvalue weighted by Gasteiger charge is -2.20. The van der Waals surface area contributed by atoms with E-state index in [0.717, 1.165) is 11.2 Å². The molecule has 8 heteroatoms. The largest absolute Gasteiger partial charge is 0.480 e. The predicted octanol–water partition coefficient (Wildman–Crippen LogP) is -1.92. The van der Waals surface area contributed by atoms with Crippen LogP contribution in [0.15, 0.2) is 0 Å². The number of carboxylic acids is 1. The highest BCUT2D eigenvalue weighted by Crippen LogP contribution is 2.18. The zero-order valence-electron chi connectivity index (χ0n) is 8.66. The van der Waals surface area contributed by atoms with Crippen LogP contribution >= 0.6 is 0 Å². The lowest BCUT2D eigenvalue weighted by atomic mass is 10.2. The number of nitrogens with zero attached hydrogens (tertiary/aromatic N) is 1. The van der Waals surface area contributed by atoms with E-state index in [0.29, 0.717) is 0 Å². The first kappa shape index (κ1) is 12.9. The molecule has 0 aromatic rings. The fourth-order valence-electron chi connectivity index (χ4n) is 1.63. The lowest BCUT2D eigenvalue weighted by molar-refractivity contribution is -0.147. The van der Waals surface area contributed by atoms with Crippen molar-refractivity contribution >= 4 is 21.7 Å². The van der Waals surface area contributed by atoms with Crippen LogP contribution in [0.3, 0.4) is 0 Å². The number of hydrogen-bond donors (Lipinski definition) is 2. The number of carboxylic acid groups (broad SMARTS) is 1. The summed E-state index contributed by atoms with van der Waals surface area (Å²) in [7, 11) is -3.49. The lowest BCUT2D eigenvalue weighted by Crippen LogP contribution is -2.43. The summed E-state index contributed by atoms with van der Waals surface area (Å²) in [5.74, 6) is -2.76. The number of aliphatic hydroxyl groups excluding tert-OH is 1. The Morgan fingerprint density at radius 2 is 2.00 bits per heavy atom. The Morgan fingerprint density at radius 3 is 2.44 bits per heavy atom. The molecule has 0 bridgehead atoms. The Bertz CT molecular complexity index is 403. The average molecular weight is 251 g/mol. The minimum atomic E-state index is -3.49. The summed E-state index contributed by atoms with van der Waals surface area (Å²) in [5.41, 5.74) is 0. The monoisotopic (exact) mass is 251 g/mol. The third-order valence-electron chi connectivity index (χ3n) is 2.27. The molecule has 1 saturated heterocycles. The maximum atomic E-state index is 11.5. The van der Waals surface area contributed by atoms with Crippen LogP contribution in [0.25, 0.3) is 0 Å². The molecule has 92 valence electrons. The molecule has 0 radical (unpaired) electrons.